The first-order valence-corrected chi connectivity index (χ1v) is 5.44. The van der Waals surface area contributed by atoms with Gasteiger partial charge in [-0.15, -0.1) is 0 Å². The SMILES string of the molecule is CN(CCOCCS)C1CCOC1. The lowest BCUT2D eigenvalue weighted by Gasteiger charge is -2.22. The molecule has 0 radical (unpaired) electrons. The van der Waals surface area contributed by atoms with Crippen molar-refractivity contribution in [3.63, 3.8) is 0 Å². The van der Waals surface area contributed by atoms with Gasteiger partial charge < -0.3 is 9.47 Å². The summed E-state index contributed by atoms with van der Waals surface area (Å²) < 4.78 is 10.7. The Morgan fingerprint density at radius 1 is 1.54 bits per heavy atom. The molecule has 1 aliphatic rings. The quantitative estimate of drug-likeness (QED) is 0.508. The Balaban J connectivity index is 1.99. The van der Waals surface area contributed by atoms with Gasteiger partial charge in [-0.1, -0.05) is 0 Å². The summed E-state index contributed by atoms with van der Waals surface area (Å²) in [6, 6.07) is 0.597. The first-order chi connectivity index (χ1) is 6.34. The minimum atomic E-state index is 0.597. The van der Waals surface area contributed by atoms with Gasteiger partial charge in [0, 0.05) is 24.9 Å². The average molecular weight is 205 g/mol. The maximum absolute atomic E-state index is 5.35. The summed E-state index contributed by atoms with van der Waals surface area (Å²) in [5.41, 5.74) is 0. The monoisotopic (exact) mass is 205 g/mol. The molecule has 1 unspecified atom stereocenters. The highest BCUT2D eigenvalue weighted by molar-refractivity contribution is 7.80. The van der Waals surface area contributed by atoms with Gasteiger partial charge in [0.05, 0.1) is 19.8 Å². The normalized spacial score (nSPS) is 22.8. The fraction of sp³-hybridized carbons (Fsp3) is 1.00. The number of hydrogen-bond acceptors (Lipinski definition) is 4. The second-order valence-electron chi connectivity index (χ2n) is 3.33. The molecule has 1 rings (SSSR count). The van der Waals surface area contributed by atoms with Gasteiger partial charge in [0.25, 0.3) is 0 Å². The molecule has 1 heterocycles. The van der Waals surface area contributed by atoms with Crippen molar-refractivity contribution in [2.75, 3.05) is 45.8 Å². The maximum atomic E-state index is 5.35. The summed E-state index contributed by atoms with van der Waals surface area (Å²) >= 11 is 4.07. The Labute approximate surface area is 85.8 Å². The van der Waals surface area contributed by atoms with Crippen LogP contribution in [0.2, 0.25) is 0 Å². The number of hydrogen-bond donors (Lipinski definition) is 1. The molecule has 1 fully saturated rings. The molecule has 0 aromatic heterocycles. The van der Waals surface area contributed by atoms with Gasteiger partial charge in [-0.3, -0.25) is 4.90 Å². The summed E-state index contributed by atoms with van der Waals surface area (Å²) in [5, 5.41) is 0. The Bertz CT molecular complexity index is 129. The van der Waals surface area contributed by atoms with Crippen molar-refractivity contribution in [1.82, 2.24) is 4.90 Å². The van der Waals surface area contributed by atoms with Crippen LogP contribution < -0.4 is 0 Å². The molecule has 78 valence electrons. The Hall–Kier alpha value is 0.230. The van der Waals surface area contributed by atoms with Gasteiger partial charge in [0.2, 0.25) is 0 Å². The minimum Gasteiger partial charge on any atom is -0.380 e. The molecular weight excluding hydrogens is 186 g/mol. The second-order valence-corrected chi connectivity index (χ2v) is 3.78. The zero-order valence-corrected chi connectivity index (χ0v) is 9.13. The topological polar surface area (TPSA) is 21.7 Å². The van der Waals surface area contributed by atoms with Gasteiger partial charge in [0.1, 0.15) is 0 Å². The Kier molecular flexibility index (Phi) is 5.78. The first-order valence-electron chi connectivity index (χ1n) is 4.81. The molecule has 1 saturated heterocycles. The van der Waals surface area contributed by atoms with Crippen molar-refractivity contribution >= 4 is 12.6 Å². The number of ether oxygens (including phenoxy) is 2. The molecule has 1 aliphatic heterocycles. The van der Waals surface area contributed by atoms with E-state index in [0.717, 1.165) is 45.1 Å². The van der Waals surface area contributed by atoms with Crippen LogP contribution in [0.15, 0.2) is 0 Å². The average Bonchev–Trinajstić information content (AvgIpc) is 2.65. The molecule has 0 aromatic carbocycles. The zero-order valence-electron chi connectivity index (χ0n) is 8.24. The molecule has 13 heavy (non-hydrogen) atoms. The van der Waals surface area contributed by atoms with Crippen LogP contribution in [0.3, 0.4) is 0 Å². The van der Waals surface area contributed by atoms with Crippen LogP contribution in [0, 0.1) is 0 Å². The van der Waals surface area contributed by atoms with Crippen LogP contribution in [-0.4, -0.2) is 56.7 Å². The van der Waals surface area contributed by atoms with Gasteiger partial charge in [-0.05, 0) is 13.5 Å². The van der Waals surface area contributed by atoms with Crippen LogP contribution in [0.1, 0.15) is 6.42 Å². The maximum Gasteiger partial charge on any atom is 0.0622 e. The summed E-state index contributed by atoms with van der Waals surface area (Å²) in [4.78, 5) is 2.31. The van der Waals surface area contributed by atoms with Crippen molar-refractivity contribution in [3.05, 3.63) is 0 Å². The van der Waals surface area contributed by atoms with Gasteiger partial charge in [0.15, 0.2) is 0 Å². The van der Waals surface area contributed by atoms with Gasteiger partial charge in [-0.2, -0.15) is 12.6 Å². The van der Waals surface area contributed by atoms with E-state index in [0.29, 0.717) is 6.04 Å². The van der Waals surface area contributed by atoms with Crippen LogP contribution in [-0.2, 0) is 9.47 Å². The van der Waals surface area contributed by atoms with Crippen LogP contribution >= 0.6 is 12.6 Å². The second kappa shape index (κ2) is 6.65. The van der Waals surface area contributed by atoms with E-state index in [1.54, 1.807) is 0 Å². The van der Waals surface area contributed by atoms with E-state index in [4.69, 9.17) is 9.47 Å². The smallest absolute Gasteiger partial charge is 0.0622 e. The lowest BCUT2D eigenvalue weighted by Crippen LogP contribution is -2.34. The fourth-order valence-corrected chi connectivity index (χ4v) is 1.56. The minimum absolute atomic E-state index is 0.597. The number of likely N-dealkylation sites (N-methyl/N-ethyl adjacent to an activating group) is 1. The van der Waals surface area contributed by atoms with Crippen molar-refractivity contribution < 1.29 is 9.47 Å². The molecule has 4 heteroatoms. The Morgan fingerprint density at radius 2 is 2.38 bits per heavy atom. The molecule has 1 atom stereocenters. The van der Waals surface area contributed by atoms with Crippen LogP contribution in [0.4, 0.5) is 0 Å². The zero-order chi connectivity index (χ0) is 9.52. The Morgan fingerprint density at radius 3 is 3.00 bits per heavy atom. The molecule has 0 saturated carbocycles. The molecule has 0 aromatic rings. The molecule has 0 amide bonds. The summed E-state index contributed by atoms with van der Waals surface area (Å²) in [7, 11) is 2.13. The number of nitrogens with zero attached hydrogens (tertiary/aromatic N) is 1. The molecule has 0 bridgehead atoms. The van der Waals surface area contributed by atoms with E-state index in [1.165, 1.54) is 0 Å². The molecule has 0 N–H and O–H groups in total. The highest BCUT2D eigenvalue weighted by atomic mass is 32.1. The summed E-state index contributed by atoms with van der Waals surface area (Å²) in [6.45, 7) is 4.32. The molecule has 0 aliphatic carbocycles. The third-order valence-corrected chi connectivity index (χ3v) is 2.54. The van der Waals surface area contributed by atoms with E-state index in [-0.39, 0.29) is 0 Å². The van der Waals surface area contributed by atoms with Gasteiger partial charge in [-0.25, -0.2) is 0 Å². The predicted octanol–water partition coefficient (Wildman–Crippen LogP) is 0.653. The highest BCUT2D eigenvalue weighted by Crippen LogP contribution is 2.09. The van der Waals surface area contributed by atoms with Gasteiger partial charge >= 0.3 is 0 Å². The number of rotatable bonds is 6. The number of thiol groups is 1. The molecule has 3 nitrogen and oxygen atoms in total. The lowest BCUT2D eigenvalue weighted by molar-refractivity contribution is 0.101. The predicted molar refractivity (Wildman–Crippen MR) is 56.5 cm³/mol. The molecular formula is C9H19NO2S. The van der Waals surface area contributed by atoms with Crippen molar-refractivity contribution in [3.8, 4) is 0 Å². The fourth-order valence-electron chi connectivity index (χ4n) is 1.43. The van der Waals surface area contributed by atoms with E-state index >= 15 is 0 Å². The molecule has 0 spiro atoms. The third-order valence-electron chi connectivity index (χ3n) is 2.35. The first kappa shape index (κ1) is 11.3. The van der Waals surface area contributed by atoms with Crippen molar-refractivity contribution in [2.45, 2.75) is 12.5 Å². The van der Waals surface area contributed by atoms with Crippen molar-refractivity contribution in [1.29, 1.82) is 0 Å². The largest absolute Gasteiger partial charge is 0.380 e. The standard InChI is InChI=1S/C9H19NO2S/c1-10(3-5-11-6-7-13)9-2-4-12-8-9/h9,13H,2-8H2,1H3. The highest BCUT2D eigenvalue weighted by Gasteiger charge is 2.19. The van der Waals surface area contributed by atoms with E-state index in [9.17, 15) is 0 Å². The van der Waals surface area contributed by atoms with E-state index in [1.807, 2.05) is 0 Å². The van der Waals surface area contributed by atoms with E-state index < -0.39 is 0 Å². The van der Waals surface area contributed by atoms with E-state index in [2.05, 4.69) is 24.6 Å². The lowest BCUT2D eigenvalue weighted by atomic mass is 10.2. The third kappa shape index (κ3) is 4.31. The summed E-state index contributed by atoms with van der Waals surface area (Å²) in [6.07, 6.45) is 1.16. The van der Waals surface area contributed by atoms with Crippen LogP contribution in [0.25, 0.3) is 0 Å². The summed E-state index contributed by atoms with van der Waals surface area (Å²) in [5.74, 6) is 0.802. The van der Waals surface area contributed by atoms with Crippen molar-refractivity contribution in [2.24, 2.45) is 0 Å². The van der Waals surface area contributed by atoms with Crippen LogP contribution in [0.5, 0.6) is 0 Å².